The molecule has 4 heteroatoms. The lowest BCUT2D eigenvalue weighted by atomic mass is 9.86. The van der Waals surface area contributed by atoms with Gasteiger partial charge in [-0.05, 0) is 72.4 Å². The van der Waals surface area contributed by atoms with Gasteiger partial charge in [-0.1, -0.05) is 6.92 Å². The van der Waals surface area contributed by atoms with Crippen LogP contribution in [0.2, 0.25) is 0 Å². The molecule has 2 rings (SSSR count). The fourth-order valence-corrected chi connectivity index (χ4v) is 3.77. The van der Waals surface area contributed by atoms with E-state index < -0.39 is 5.60 Å². The van der Waals surface area contributed by atoms with Crippen molar-refractivity contribution in [1.82, 2.24) is 9.80 Å². The molecular formula is C17H32N2O2. The van der Waals surface area contributed by atoms with Gasteiger partial charge in [0.15, 0.2) is 0 Å². The van der Waals surface area contributed by atoms with Gasteiger partial charge in [0.2, 0.25) is 0 Å². The summed E-state index contributed by atoms with van der Waals surface area (Å²) in [6, 6.07) is 0. The molecule has 1 atom stereocenters. The van der Waals surface area contributed by atoms with Crippen LogP contribution in [0.3, 0.4) is 0 Å². The molecule has 0 radical (unpaired) electrons. The highest BCUT2D eigenvalue weighted by Crippen LogP contribution is 2.35. The number of ether oxygens (including phenoxy) is 1. The topological polar surface area (TPSA) is 32.8 Å². The fourth-order valence-electron chi connectivity index (χ4n) is 3.77. The molecule has 0 N–H and O–H groups in total. The van der Waals surface area contributed by atoms with Crippen LogP contribution in [0.15, 0.2) is 0 Å². The molecule has 2 fully saturated rings. The number of carbonyl (C=O) groups is 1. The van der Waals surface area contributed by atoms with Crippen molar-refractivity contribution in [2.45, 2.75) is 77.4 Å². The molecule has 0 aromatic carbocycles. The maximum atomic E-state index is 12.3. The second-order valence-corrected chi connectivity index (χ2v) is 7.59. The van der Waals surface area contributed by atoms with Crippen molar-refractivity contribution in [2.24, 2.45) is 0 Å². The van der Waals surface area contributed by atoms with Gasteiger partial charge in [0.1, 0.15) is 5.60 Å². The molecule has 0 aromatic rings. The van der Waals surface area contributed by atoms with Crippen LogP contribution in [-0.4, -0.2) is 53.2 Å². The Balaban J connectivity index is 1.98. The van der Waals surface area contributed by atoms with Crippen molar-refractivity contribution in [1.29, 1.82) is 0 Å². The molecule has 4 nitrogen and oxygen atoms in total. The van der Waals surface area contributed by atoms with Crippen LogP contribution in [0.4, 0.5) is 4.79 Å². The summed E-state index contributed by atoms with van der Waals surface area (Å²) in [6.45, 7) is 12.3. The zero-order valence-corrected chi connectivity index (χ0v) is 14.3. The largest absolute Gasteiger partial charge is 0.444 e. The Kier molecular flexibility index (Phi) is 5.18. The molecule has 0 spiro atoms. The summed E-state index contributed by atoms with van der Waals surface area (Å²) in [7, 11) is 0. The highest BCUT2D eigenvalue weighted by Gasteiger charge is 2.38. The van der Waals surface area contributed by atoms with E-state index in [0.717, 1.165) is 25.9 Å². The Hall–Kier alpha value is -0.770. The van der Waals surface area contributed by atoms with Gasteiger partial charge in [-0.2, -0.15) is 0 Å². The van der Waals surface area contributed by atoms with Crippen LogP contribution in [0.25, 0.3) is 0 Å². The van der Waals surface area contributed by atoms with Crippen LogP contribution in [0.5, 0.6) is 0 Å². The molecule has 2 heterocycles. The Morgan fingerprint density at radius 2 is 1.71 bits per heavy atom. The van der Waals surface area contributed by atoms with Crippen molar-refractivity contribution in [3.05, 3.63) is 0 Å². The first kappa shape index (κ1) is 16.6. The molecular weight excluding hydrogens is 264 g/mol. The van der Waals surface area contributed by atoms with Gasteiger partial charge in [-0.3, -0.25) is 4.90 Å². The van der Waals surface area contributed by atoms with Crippen molar-refractivity contribution in [3.8, 4) is 0 Å². The molecule has 1 unspecified atom stereocenters. The van der Waals surface area contributed by atoms with Crippen LogP contribution < -0.4 is 0 Å². The van der Waals surface area contributed by atoms with Gasteiger partial charge in [0, 0.05) is 18.6 Å². The summed E-state index contributed by atoms with van der Waals surface area (Å²) in [5.41, 5.74) is -0.0898. The summed E-state index contributed by atoms with van der Waals surface area (Å²) >= 11 is 0. The van der Waals surface area contributed by atoms with Crippen LogP contribution in [-0.2, 0) is 4.74 Å². The number of hydrogen-bond acceptors (Lipinski definition) is 3. The highest BCUT2D eigenvalue weighted by molar-refractivity contribution is 5.68. The van der Waals surface area contributed by atoms with Crippen molar-refractivity contribution in [3.63, 3.8) is 0 Å². The third kappa shape index (κ3) is 4.12. The monoisotopic (exact) mass is 296 g/mol. The van der Waals surface area contributed by atoms with Gasteiger partial charge >= 0.3 is 6.09 Å². The lowest BCUT2D eigenvalue weighted by molar-refractivity contribution is 0.0241. The Morgan fingerprint density at radius 3 is 2.29 bits per heavy atom. The predicted molar refractivity (Wildman–Crippen MR) is 85.5 cm³/mol. The van der Waals surface area contributed by atoms with Gasteiger partial charge in [-0.15, -0.1) is 0 Å². The third-order valence-electron chi connectivity index (χ3n) is 5.00. The number of nitrogens with zero attached hydrogens (tertiary/aromatic N) is 2. The standard InChI is InChI=1S/C17H32N2O2/c1-5-17(19-12-6-7-13-19)9-8-11-18(14-10-17)15(20)21-16(2,3)4/h5-14H2,1-4H3. The second-order valence-electron chi connectivity index (χ2n) is 7.59. The zero-order valence-electron chi connectivity index (χ0n) is 14.3. The summed E-state index contributed by atoms with van der Waals surface area (Å²) in [6.07, 6.45) is 7.09. The van der Waals surface area contributed by atoms with E-state index in [1.54, 1.807) is 0 Å². The van der Waals surface area contributed by atoms with E-state index in [1.807, 2.05) is 25.7 Å². The molecule has 1 amide bonds. The summed E-state index contributed by atoms with van der Waals surface area (Å²) in [5.74, 6) is 0. The average Bonchev–Trinajstić information content (AvgIpc) is 2.84. The zero-order chi connectivity index (χ0) is 15.5. The average molecular weight is 296 g/mol. The molecule has 0 aromatic heterocycles. The minimum absolute atomic E-state index is 0.143. The van der Waals surface area contributed by atoms with Gasteiger partial charge in [0.05, 0.1) is 0 Å². The van der Waals surface area contributed by atoms with E-state index in [9.17, 15) is 4.79 Å². The first-order valence-electron chi connectivity index (χ1n) is 8.59. The van der Waals surface area contributed by atoms with Crippen molar-refractivity contribution >= 4 is 6.09 Å². The SMILES string of the molecule is CCC1(N2CCCC2)CCCN(C(=O)OC(C)(C)C)CC1. The number of hydrogen-bond donors (Lipinski definition) is 0. The molecule has 21 heavy (non-hydrogen) atoms. The lowest BCUT2D eigenvalue weighted by Crippen LogP contribution is -2.47. The number of rotatable bonds is 2. The van der Waals surface area contributed by atoms with Crippen LogP contribution in [0.1, 0.15) is 66.2 Å². The maximum absolute atomic E-state index is 12.3. The third-order valence-corrected chi connectivity index (χ3v) is 5.00. The lowest BCUT2D eigenvalue weighted by Gasteiger charge is -2.41. The quantitative estimate of drug-likeness (QED) is 0.779. The van der Waals surface area contributed by atoms with Gasteiger partial charge in [0.25, 0.3) is 0 Å². The van der Waals surface area contributed by atoms with Gasteiger partial charge in [-0.25, -0.2) is 4.79 Å². The van der Waals surface area contributed by atoms with Crippen LogP contribution >= 0.6 is 0 Å². The van der Waals surface area contributed by atoms with Gasteiger partial charge < -0.3 is 9.64 Å². The first-order valence-corrected chi connectivity index (χ1v) is 8.59. The minimum Gasteiger partial charge on any atom is -0.444 e. The minimum atomic E-state index is -0.403. The Morgan fingerprint density at radius 1 is 1.05 bits per heavy atom. The molecule has 2 aliphatic rings. The van der Waals surface area contributed by atoms with E-state index in [4.69, 9.17) is 4.74 Å². The summed E-state index contributed by atoms with van der Waals surface area (Å²) in [5, 5.41) is 0. The summed E-state index contributed by atoms with van der Waals surface area (Å²) in [4.78, 5) is 16.9. The van der Waals surface area contributed by atoms with E-state index in [1.165, 1.54) is 38.8 Å². The molecule has 2 aliphatic heterocycles. The Labute approximate surface area is 129 Å². The fraction of sp³-hybridized carbons (Fsp3) is 0.941. The van der Waals surface area contributed by atoms with E-state index in [0.29, 0.717) is 5.54 Å². The molecule has 2 saturated heterocycles. The molecule has 122 valence electrons. The van der Waals surface area contributed by atoms with E-state index in [2.05, 4.69) is 11.8 Å². The Bertz CT molecular complexity index is 358. The maximum Gasteiger partial charge on any atom is 0.410 e. The molecule has 0 saturated carbocycles. The predicted octanol–water partition coefficient (Wildman–Crippen LogP) is 3.65. The highest BCUT2D eigenvalue weighted by atomic mass is 16.6. The molecule has 0 bridgehead atoms. The number of likely N-dealkylation sites (tertiary alicyclic amines) is 2. The van der Waals surface area contributed by atoms with Crippen molar-refractivity contribution < 1.29 is 9.53 Å². The van der Waals surface area contributed by atoms with E-state index in [-0.39, 0.29) is 6.09 Å². The first-order chi connectivity index (χ1) is 9.86. The number of amides is 1. The molecule has 0 aliphatic carbocycles. The van der Waals surface area contributed by atoms with Crippen LogP contribution in [0, 0.1) is 0 Å². The smallest absolute Gasteiger partial charge is 0.410 e. The van der Waals surface area contributed by atoms with E-state index >= 15 is 0 Å². The van der Waals surface area contributed by atoms with Crippen molar-refractivity contribution in [2.75, 3.05) is 26.2 Å². The second kappa shape index (κ2) is 6.55. The number of carbonyl (C=O) groups excluding carboxylic acids is 1. The summed E-state index contributed by atoms with van der Waals surface area (Å²) < 4.78 is 5.53. The normalized spacial score (nSPS) is 28.5.